The van der Waals surface area contributed by atoms with Gasteiger partial charge in [0.05, 0.1) is 0 Å². The molecular formula is C24H40Cl2Ru2Te2. The third kappa shape index (κ3) is 15.4. The standard InChI is InChI=1S/2C10H15.2C2H5Te.2ClH.2Ru/c2*1-6-7(2)9(4)10(5)8(6)3;2*1-2-3;;;;/h2*1-5H3;2*2H2,1H3;2*1H;;/q;;;;;;2*+1/p-2. The van der Waals surface area contributed by atoms with E-state index >= 15 is 0 Å². The maximum absolute atomic E-state index is 4.57. The first-order valence-electron chi connectivity index (χ1n) is 9.76. The van der Waals surface area contributed by atoms with Gasteiger partial charge in [-0.2, -0.15) is 0 Å². The molecule has 0 amide bonds. The fraction of sp³-hybridized carbons (Fsp3) is 0.583. The molecule has 2 aliphatic carbocycles. The van der Waals surface area contributed by atoms with Crippen LogP contribution in [-0.4, -0.2) is 44.6 Å². The van der Waals surface area contributed by atoms with E-state index in [-0.39, 0.29) is 0 Å². The molecule has 0 unspecified atom stereocenters. The molecule has 6 heteroatoms. The van der Waals surface area contributed by atoms with Crippen molar-refractivity contribution >= 4 is 64.0 Å². The SMILES string of the molecule is CC[Te].CC[Te].C[C]1[C](C)[C](C)[C](C)[C]1C.C[C]1[C](C)[C](C)[C](C)[C]1C.[Cl][Ru].[Cl][Ru]. The number of halogens is 2. The first-order valence-corrected chi connectivity index (χ1v) is 17.5. The summed E-state index contributed by atoms with van der Waals surface area (Å²) in [5, 5.41) is 0. The summed E-state index contributed by atoms with van der Waals surface area (Å²) in [5.41, 5.74) is 0. The number of rotatable bonds is 0. The maximum atomic E-state index is 4.57. The average molecular weight is 857 g/mol. The van der Waals surface area contributed by atoms with Crippen molar-refractivity contribution < 1.29 is 34.6 Å². The molecule has 0 N–H and O–H groups in total. The van der Waals surface area contributed by atoms with Crippen LogP contribution in [0.25, 0.3) is 0 Å². The van der Waals surface area contributed by atoms with Gasteiger partial charge in [-0.25, -0.2) is 0 Å². The van der Waals surface area contributed by atoms with Crippen molar-refractivity contribution in [2.45, 2.75) is 92.0 Å². The Hall–Kier alpha value is 3.41. The van der Waals surface area contributed by atoms with Crippen LogP contribution in [-0.2, 0) is 34.6 Å². The van der Waals surface area contributed by atoms with Crippen LogP contribution in [0.15, 0.2) is 0 Å². The molecule has 178 valence electrons. The Bertz CT molecular complexity index is 230. The van der Waals surface area contributed by atoms with Crippen molar-refractivity contribution in [1.82, 2.24) is 0 Å². The average Bonchev–Trinajstić information content (AvgIpc) is 3.03. The van der Waals surface area contributed by atoms with E-state index in [1.54, 1.807) is 0 Å². The molecule has 0 aromatic carbocycles. The summed E-state index contributed by atoms with van der Waals surface area (Å²) in [7, 11) is 9.14. The molecule has 0 aliphatic heterocycles. The normalized spacial score (nSPS) is 20.6. The number of hydrogen-bond acceptors (Lipinski definition) is 0. The van der Waals surface area contributed by atoms with Crippen LogP contribution < -0.4 is 0 Å². The van der Waals surface area contributed by atoms with Crippen molar-refractivity contribution in [2.24, 2.45) is 0 Å². The van der Waals surface area contributed by atoms with E-state index in [0.29, 0.717) is 0 Å². The van der Waals surface area contributed by atoms with Crippen LogP contribution in [0.1, 0.15) is 83.1 Å². The Morgan fingerprint density at radius 1 is 0.400 bits per heavy atom. The minimum atomic E-state index is 1.26. The molecule has 0 nitrogen and oxygen atoms in total. The molecule has 30 heavy (non-hydrogen) atoms. The van der Waals surface area contributed by atoms with Crippen LogP contribution in [0.5, 0.6) is 0 Å². The van der Waals surface area contributed by atoms with Crippen molar-refractivity contribution in [3.63, 3.8) is 0 Å². The fourth-order valence-corrected chi connectivity index (χ4v) is 2.81. The predicted octanol–water partition coefficient (Wildman–Crippen LogP) is 8.50. The van der Waals surface area contributed by atoms with Gasteiger partial charge in [0.25, 0.3) is 0 Å². The quantitative estimate of drug-likeness (QED) is 0.215. The summed E-state index contributed by atoms with van der Waals surface area (Å²) in [4.78, 5) is 0. The number of hydrogen-bond donors (Lipinski definition) is 0. The van der Waals surface area contributed by atoms with E-state index in [0.717, 1.165) is 0 Å². The first kappa shape index (κ1) is 40.6. The summed E-state index contributed by atoms with van der Waals surface area (Å²) in [6.07, 6.45) is 0. The molecule has 0 aromatic rings. The van der Waals surface area contributed by atoms with E-state index in [1.165, 1.54) is 68.1 Å². The second kappa shape index (κ2) is 25.5. The van der Waals surface area contributed by atoms with Gasteiger partial charge in [0.15, 0.2) is 0 Å². The molecule has 2 fully saturated rings. The van der Waals surface area contributed by atoms with Crippen LogP contribution in [0.3, 0.4) is 0 Å². The molecule has 2 saturated carbocycles. The second-order valence-corrected chi connectivity index (χ2v) is 10.1. The Morgan fingerprint density at radius 3 is 0.467 bits per heavy atom. The van der Waals surface area contributed by atoms with Crippen molar-refractivity contribution in [3.05, 3.63) is 59.2 Å². The molecule has 0 spiro atoms. The zero-order valence-corrected chi connectivity index (χ0v) is 30.3. The topological polar surface area (TPSA) is 0 Å². The molecule has 0 saturated heterocycles. The molecule has 2 rings (SSSR count). The zero-order chi connectivity index (χ0) is 25.2. The fourth-order valence-electron chi connectivity index (χ4n) is 2.81. The van der Waals surface area contributed by atoms with Crippen molar-refractivity contribution in [2.75, 3.05) is 0 Å². The van der Waals surface area contributed by atoms with Crippen molar-refractivity contribution in [1.29, 1.82) is 0 Å². The molecule has 12 radical (unpaired) electrons. The van der Waals surface area contributed by atoms with Gasteiger partial charge in [0.1, 0.15) is 0 Å². The van der Waals surface area contributed by atoms with E-state index in [1.807, 2.05) is 34.6 Å². The van der Waals surface area contributed by atoms with Gasteiger partial charge >= 0.3 is 121 Å². The Balaban J connectivity index is -0.000000159. The Morgan fingerprint density at radius 2 is 0.433 bits per heavy atom. The van der Waals surface area contributed by atoms with Crippen molar-refractivity contribution in [3.8, 4) is 0 Å². The van der Waals surface area contributed by atoms with E-state index in [4.69, 9.17) is 0 Å². The molecule has 0 atom stereocenters. The minimum absolute atomic E-state index is 1.26. The van der Waals surface area contributed by atoms with Crippen LogP contribution in [0.4, 0.5) is 0 Å². The zero-order valence-electron chi connectivity index (χ0n) is 20.7. The second-order valence-electron chi connectivity index (χ2n) is 6.83. The van der Waals surface area contributed by atoms with Gasteiger partial charge in [0, 0.05) is 0 Å². The summed E-state index contributed by atoms with van der Waals surface area (Å²) in [6, 6.07) is 0. The van der Waals surface area contributed by atoms with Gasteiger partial charge in [-0.3, -0.25) is 0 Å². The van der Waals surface area contributed by atoms with E-state index in [2.05, 4.69) is 147 Å². The summed E-state index contributed by atoms with van der Waals surface area (Å²) in [5.74, 6) is 14.7. The summed E-state index contributed by atoms with van der Waals surface area (Å²) in [6.45, 7) is 26.2. The summed E-state index contributed by atoms with van der Waals surface area (Å²) < 4.78 is 2.52. The third-order valence-corrected chi connectivity index (χ3v) is 5.62. The van der Waals surface area contributed by atoms with Crippen LogP contribution >= 0.6 is 19.4 Å². The van der Waals surface area contributed by atoms with Gasteiger partial charge < -0.3 is 0 Å². The van der Waals surface area contributed by atoms with Gasteiger partial charge in [-0.1, -0.05) is 69.2 Å². The first-order chi connectivity index (χ1) is 13.9. The molecule has 0 bridgehead atoms. The van der Waals surface area contributed by atoms with Crippen LogP contribution in [0, 0.1) is 59.2 Å². The van der Waals surface area contributed by atoms with Gasteiger partial charge in [0.2, 0.25) is 0 Å². The Labute approximate surface area is 246 Å². The molecular weight excluding hydrogens is 817 g/mol. The van der Waals surface area contributed by atoms with E-state index in [9.17, 15) is 0 Å². The summed E-state index contributed by atoms with van der Waals surface area (Å²) >= 11 is 7.79. The van der Waals surface area contributed by atoms with Crippen LogP contribution in [0.2, 0.25) is 8.94 Å². The molecule has 0 heterocycles. The van der Waals surface area contributed by atoms with E-state index < -0.39 is 0 Å². The Kier molecular flexibility index (Phi) is 34.5. The molecule has 0 aromatic heterocycles. The molecule has 2 aliphatic rings. The van der Waals surface area contributed by atoms with Gasteiger partial charge in [-0.15, -0.1) is 0 Å². The third-order valence-electron chi connectivity index (χ3n) is 5.62. The van der Waals surface area contributed by atoms with Gasteiger partial charge in [-0.05, 0) is 59.2 Å². The predicted molar refractivity (Wildman–Crippen MR) is 133 cm³/mol. The monoisotopic (exact) mass is 862 g/mol.